The molecule has 0 unspecified atom stereocenters. The molecule has 1 heteroatoms. The van der Waals surface area contributed by atoms with Gasteiger partial charge in [-0.05, 0) is 18.4 Å². The molecule has 0 aliphatic heterocycles. The van der Waals surface area contributed by atoms with Crippen LogP contribution in [0.4, 0.5) is 0 Å². The Balaban J connectivity index is 3.19. The SMILES string of the molecule is CCCC(CCC)(C(=O)CC)c1ccccc1. The van der Waals surface area contributed by atoms with Crippen molar-refractivity contribution in [2.24, 2.45) is 0 Å². The zero-order chi connectivity index (χ0) is 12.7. The summed E-state index contributed by atoms with van der Waals surface area (Å²) < 4.78 is 0. The third kappa shape index (κ3) is 2.96. The van der Waals surface area contributed by atoms with Gasteiger partial charge in [0.2, 0.25) is 0 Å². The van der Waals surface area contributed by atoms with Crippen LogP contribution in [-0.2, 0) is 10.2 Å². The van der Waals surface area contributed by atoms with E-state index in [0.29, 0.717) is 12.2 Å². The van der Waals surface area contributed by atoms with Crippen molar-refractivity contribution in [3.63, 3.8) is 0 Å². The second-order valence-corrected chi connectivity index (χ2v) is 4.72. The van der Waals surface area contributed by atoms with Crippen LogP contribution in [0.2, 0.25) is 0 Å². The fourth-order valence-corrected chi connectivity index (χ4v) is 2.80. The molecule has 94 valence electrons. The van der Waals surface area contributed by atoms with E-state index in [1.165, 1.54) is 5.56 Å². The Hall–Kier alpha value is -1.11. The lowest BCUT2D eigenvalue weighted by molar-refractivity contribution is -0.125. The maximum Gasteiger partial charge on any atom is 0.143 e. The summed E-state index contributed by atoms with van der Waals surface area (Å²) in [6, 6.07) is 10.3. The Morgan fingerprint density at radius 1 is 1.00 bits per heavy atom. The Labute approximate surface area is 105 Å². The number of benzene rings is 1. The largest absolute Gasteiger partial charge is 0.299 e. The molecule has 0 N–H and O–H groups in total. The molecule has 0 saturated carbocycles. The first-order chi connectivity index (χ1) is 8.21. The van der Waals surface area contributed by atoms with Crippen molar-refractivity contribution in [1.29, 1.82) is 0 Å². The Bertz CT molecular complexity index is 334. The fraction of sp³-hybridized carbons (Fsp3) is 0.562. The van der Waals surface area contributed by atoms with E-state index in [4.69, 9.17) is 0 Å². The van der Waals surface area contributed by atoms with E-state index in [9.17, 15) is 4.79 Å². The second kappa shape index (κ2) is 6.58. The molecule has 0 aromatic heterocycles. The molecule has 0 spiro atoms. The van der Waals surface area contributed by atoms with Gasteiger partial charge in [0, 0.05) is 6.42 Å². The van der Waals surface area contributed by atoms with Gasteiger partial charge < -0.3 is 0 Å². The molecule has 1 nitrogen and oxygen atoms in total. The number of carbonyl (C=O) groups excluding carboxylic acids is 1. The highest BCUT2D eigenvalue weighted by Gasteiger charge is 2.36. The van der Waals surface area contributed by atoms with Crippen LogP contribution in [0, 0.1) is 0 Å². The molecule has 0 fully saturated rings. The van der Waals surface area contributed by atoms with Crippen LogP contribution < -0.4 is 0 Å². The predicted octanol–water partition coefficient (Wildman–Crippen LogP) is 4.50. The number of ketones is 1. The van der Waals surface area contributed by atoms with Gasteiger partial charge >= 0.3 is 0 Å². The first kappa shape index (κ1) is 14.0. The third-order valence-corrected chi connectivity index (χ3v) is 3.53. The molecule has 0 bridgehead atoms. The first-order valence-corrected chi connectivity index (χ1v) is 6.80. The lowest BCUT2D eigenvalue weighted by Gasteiger charge is -2.32. The summed E-state index contributed by atoms with van der Waals surface area (Å²) in [6.07, 6.45) is 4.69. The van der Waals surface area contributed by atoms with Gasteiger partial charge in [-0.3, -0.25) is 4.79 Å². The standard InChI is InChI=1S/C16H24O/c1-4-12-16(13-5-2,15(17)6-3)14-10-8-7-9-11-14/h7-11H,4-6,12-13H2,1-3H3. The molecule has 0 aliphatic rings. The van der Waals surface area contributed by atoms with Gasteiger partial charge in [0.1, 0.15) is 5.78 Å². The van der Waals surface area contributed by atoms with Gasteiger partial charge in [0.15, 0.2) is 0 Å². The molecule has 0 aliphatic carbocycles. The van der Waals surface area contributed by atoms with Crippen molar-refractivity contribution in [2.75, 3.05) is 0 Å². The van der Waals surface area contributed by atoms with Crippen LogP contribution in [-0.4, -0.2) is 5.78 Å². The maximum absolute atomic E-state index is 12.4. The normalized spacial score (nSPS) is 11.5. The van der Waals surface area contributed by atoms with Crippen molar-refractivity contribution in [1.82, 2.24) is 0 Å². The summed E-state index contributed by atoms with van der Waals surface area (Å²) in [6.45, 7) is 6.30. The number of Topliss-reactive ketones (excluding diaryl/α,β-unsaturated/α-hetero) is 1. The van der Waals surface area contributed by atoms with E-state index in [1.807, 2.05) is 25.1 Å². The van der Waals surface area contributed by atoms with Crippen LogP contribution in [0.25, 0.3) is 0 Å². The lowest BCUT2D eigenvalue weighted by atomic mass is 9.69. The highest BCUT2D eigenvalue weighted by Crippen LogP contribution is 2.36. The average molecular weight is 232 g/mol. The van der Waals surface area contributed by atoms with Gasteiger partial charge in [-0.25, -0.2) is 0 Å². The summed E-state index contributed by atoms with van der Waals surface area (Å²) in [5.41, 5.74) is 0.968. The van der Waals surface area contributed by atoms with E-state index >= 15 is 0 Å². The molecular formula is C16H24O. The molecule has 1 rings (SSSR count). The highest BCUT2D eigenvalue weighted by molar-refractivity contribution is 5.89. The minimum absolute atomic E-state index is 0.237. The summed E-state index contributed by atoms with van der Waals surface area (Å²) in [5, 5.41) is 0. The van der Waals surface area contributed by atoms with Crippen LogP contribution in [0.1, 0.15) is 58.4 Å². The van der Waals surface area contributed by atoms with Gasteiger partial charge in [-0.2, -0.15) is 0 Å². The summed E-state index contributed by atoms with van der Waals surface area (Å²) in [5.74, 6) is 0.396. The van der Waals surface area contributed by atoms with E-state index in [2.05, 4.69) is 26.0 Å². The molecule has 0 heterocycles. The average Bonchev–Trinajstić information content (AvgIpc) is 2.38. The van der Waals surface area contributed by atoms with Gasteiger partial charge in [-0.15, -0.1) is 0 Å². The van der Waals surface area contributed by atoms with E-state index in [1.54, 1.807) is 0 Å². The maximum atomic E-state index is 12.4. The lowest BCUT2D eigenvalue weighted by Crippen LogP contribution is -2.35. The number of rotatable bonds is 7. The van der Waals surface area contributed by atoms with Crippen LogP contribution in [0.3, 0.4) is 0 Å². The molecule has 1 aromatic carbocycles. The van der Waals surface area contributed by atoms with E-state index in [-0.39, 0.29) is 5.41 Å². The molecule has 17 heavy (non-hydrogen) atoms. The summed E-state index contributed by atoms with van der Waals surface area (Å²) in [7, 11) is 0. The van der Waals surface area contributed by atoms with E-state index in [0.717, 1.165) is 25.7 Å². The van der Waals surface area contributed by atoms with Gasteiger partial charge in [0.05, 0.1) is 5.41 Å². The zero-order valence-electron chi connectivity index (χ0n) is 11.3. The highest BCUT2D eigenvalue weighted by atomic mass is 16.1. The quantitative estimate of drug-likeness (QED) is 0.676. The number of carbonyl (C=O) groups is 1. The predicted molar refractivity (Wildman–Crippen MR) is 73.2 cm³/mol. The zero-order valence-corrected chi connectivity index (χ0v) is 11.3. The van der Waals surface area contributed by atoms with Crippen LogP contribution >= 0.6 is 0 Å². The molecule has 0 radical (unpaired) electrons. The second-order valence-electron chi connectivity index (χ2n) is 4.72. The fourth-order valence-electron chi connectivity index (χ4n) is 2.80. The Kier molecular flexibility index (Phi) is 5.40. The Morgan fingerprint density at radius 2 is 1.53 bits per heavy atom. The van der Waals surface area contributed by atoms with Crippen molar-refractivity contribution in [3.05, 3.63) is 35.9 Å². The third-order valence-electron chi connectivity index (χ3n) is 3.53. The molecule has 1 aromatic rings. The number of hydrogen-bond acceptors (Lipinski definition) is 1. The topological polar surface area (TPSA) is 17.1 Å². The van der Waals surface area contributed by atoms with Crippen molar-refractivity contribution in [3.8, 4) is 0 Å². The minimum atomic E-state index is -0.237. The smallest absolute Gasteiger partial charge is 0.143 e. The molecular weight excluding hydrogens is 208 g/mol. The number of hydrogen-bond donors (Lipinski definition) is 0. The first-order valence-electron chi connectivity index (χ1n) is 6.80. The minimum Gasteiger partial charge on any atom is -0.299 e. The van der Waals surface area contributed by atoms with E-state index < -0.39 is 0 Å². The van der Waals surface area contributed by atoms with Gasteiger partial charge in [-0.1, -0.05) is 63.9 Å². The van der Waals surface area contributed by atoms with Crippen molar-refractivity contribution in [2.45, 2.75) is 58.3 Å². The Morgan fingerprint density at radius 3 is 1.94 bits per heavy atom. The molecule has 0 saturated heterocycles. The van der Waals surface area contributed by atoms with Crippen LogP contribution in [0.15, 0.2) is 30.3 Å². The summed E-state index contributed by atoms with van der Waals surface area (Å²) >= 11 is 0. The molecule has 0 atom stereocenters. The van der Waals surface area contributed by atoms with Crippen molar-refractivity contribution >= 4 is 5.78 Å². The van der Waals surface area contributed by atoms with Gasteiger partial charge in [0.25, 0.3) is 0 Å². The monoisotopic (exact) mass is 232 g/mol. The molecule has 0 amide bonds. The van der Waals surface area contributed by atoms with Crippen molar-refractivity contribution < 1.29 is 4.79 Å². The van der Waals surface area contributed by atoms with Crippen LogP contribution in [0.5, 0.6) is 0 Å². The summed E-state index contributed by atoms with van der Waals surface area (Å²) in [4.78, 5) is 12.4.